The van der Waals surface area contributed by atoms with Crippen LogP contribution >= 0.6 is 15.9 Å². The average molecular weight is 513 g/mol. The minimum atomic E-state index is -3.93. The van der Waals surface area contributed by atoms with Crippen LogP contribution in [0.1, 0.15) is 12.5 Å². The number of sulfone groups is 1. The first-order valence-corrected chi connectivity index (χ1v) is 12.2. The van der Waals surface area contributed by atoms with Gasteiger partial charge in [0.25, 0.3) is 0 Å². The molecule has 0 atom stereocenters. The van der Waals surface area contributed by atoms with Gasteiger partial charge in [-0.2, -0.15) is 4.98 Å². The van der Waals surface area contributed by atoms with E-state index in [1.54, 1.807) is 36.4 Å². The van der Waals surface area contributed by atoms with Gasteiger partial charge in [0.15, 0.2) is 0 Å². The number of nitrogens with zero attached hydrogens (tertiary/aromatic N) is 1. The number of hydrogen-bond acceptors (Lipinski definition) is 6. The Balaban J connectivity index is 1.79. The van der Waals surface area contributed by atoms with Gasteiger partial charge < -0.3 is 14.5 Å². The highest BCUT2D eigenvalue weighted by Gasteiger charge is 2.29. The molecule has 0 aliphatic carbocycles. The van der Waals surface area contributed by atoms with Crippen LogP contribution in [0, 0.1) is 6.92 Å². The van der Waals surface area contributed by atoms with Crippen molar-refractivity contribution in [1.82, 2.24) is 4.98 Å². The topological polar surface area (TPSA) is 81.4 Å². The number of oxazole rings is 1. The van der Waals surface area contributed by atoms with Crippen LogP contribution in [-0.2, 0) is 9.84 Å². The van der Waals surface area contributed by atoms with Crippen molar-refractivity contribution >= 4 is 37.3 Å². The monoisotopic (exact) mass is 512 g/mol. The molecule has 1 aromatic heterocycles. The lowest BCUT2D eigenvalue weighted by molar-refractivity contribution is 0.340. The Bertz CT molecular complexity index is 1330. The van der Waals surface area contributed by atoms with Gasteiger partial charge in [-0.05, 0) is 74.5 Å². The zero-order chi connectivity index (χ0) is 22.7. The molecule has 6 nitrogen and oxygen atoms in total. The fraction of sp³-hybridized carbons (Fsp3) is 0.125. The van der Waals surface area contributed by atoms with Crippen LogP contribution in [0.2, 0.25) is 0 Å². The minimum Gasteiger partial charge on any atom is -0.494 e. The van der Waals surface area contributed by atoms with Gasteiger partial charge in [0, 0.05) is 15.7 Å². The van der Waals surface area contributed by atoms with Crippen molar-refractivity contribution in [2.45, 2.75) is 23.8 Å². The van der Waals surface area contributed by atoms with Crippen molar-refractivity contribution in [2.75, 3.05) is 11.9 Å². The van der Waals surface area contributed by atoms with Gasteiger partial charge in [0.1, 0.15) is 5.75 Å². The fourth-order valence-electron chi connectivity index (χ4n) is 3.13. The first kappa shape index (κ1) is 22.1. The normalized spacial score (nSPS) is 11.3. The van der Waals surface area contributed by atoms with Gasteiger partial charge in [0.05, 0.1) is 11.5 Å². The summed E-state index contributed by atoms with van der Waals surface area (Å²) in [5.74, 6) is 0.991. The number of halogens is 1. The lowest BCUT2D eigenvalue weighted by Gasteiger charge is -2.08. The van der Waals surface area contributed by atoms with E-state index in [0.29, 0.717) is 17.9 Å². The Morgan fingerprint density at radius 3 is 2.41 bits per heavy atom. The third-order valence-corrected chi connectivity index (χ3v) is 6.87. The smallest absolute Gasteiger partial charge is 0.238 e. The van der Waals surface area contributed by atoms with Gasteiger partial charge in [0.2, 0.25) is 26.6 Å². The first-order chi connectivity index (χ1) is 15.4. The maximum absolute atomic E-state index is 13.4. The highest BCUT2D eigenvalue weighted by atomic mass is 79.9. The van der Waals surface area contributed by atoms with Gasteiger partial charge in [-0.25, -0.2) is 8.42 Å². The number of aryl methyl sites for hydroxylation is 1. The number of ether oxygens (including phenoxy) is 1. The summed E-state index contributed by atoms with van der Waals surface area (Å²) in [5.41, 5.74) is 2.35. The molecule has 0 unspecified atom stereocenters. The zero-order valence-electron chi connectivity index (χ0n) is 17.5. The Labute approximate surface area is 195 Å². The molecule has 0 saturated carbocycles. The fourth-order valence-corrected chi connectivity index (χ4v) is 4.65. The van der Waals surface area contributed by atoms with Gasteiger partial charge in [-0.1, -0.05) is 33.6 Å². The summed E-state index contributed by atoms with van der Waals surface area (Å²) in [6, 6.07) is 21.1. The Morgan fingerprint density at radius 1 is 1.03 bits per heavy atom. The molecule has 32 heavy (non-hydrogen) atoms. The molecule has 0 bridgehead atoms. The second-order valence-electron chi connectivity index (χ2n) is 7.06. The first-order valence-electron chi connectivity index (χ1n) is 9.95. The van der Waals surface area contributed by atoms with E-state index < -0.39 is 9.84 Å². The molecule has 0 saturated heterocycles. The summed E-state index contributed by atoms with van der Waals surface area (Å²) in [6.07, 6.45) is 0. The number of hydrogen-bond donors (Lipinski definition) is 1. The van der Waals surface area contributed by atoms with E-state index in [1.807, 2.05) is 38.1 Å². The number of nitrogens with one attached hydrogen (secondary N) is 1. The summed E-state index contributed by atoms with van der Waals surface area (Å²) in [4.78, 5) is 4.51. The van der Waals surface area contributed by atoms with Crippen molar-refractivity contribution in [2.24, 2.45) is 0 Å². The van der Waals surface area contributed by atoms with E-state index in [1.165, 1.54) is 12.1 Å². The predicted octanol–water partition coefficient (Wildman–Crippen LogP) is 6.39. The molecule has 4 aromatic rings. The molecule has 0 fully saturated rings. The number of anilines is 2. The third-order valence-electron chi connectivity index (χ3n) is 4.66. The second kappa shape index (κ2) is 9.18. The SMILES string of the molecule is CCOc1ccc(Nc2oc(-c3cccc(C)c3)nc2S(=O)(=O)c2ccc(Br)cc2)cc1. The molecule has 3 aromatic carbocycles. The highest BCUT2D eigenvalue weighted by Crippen LogP contribution is 2.35. The molecule has 0 amide bonds. The van der Waals surface area contributed by atoms with Crippen LogP contribution in [0.15, 0.2) is 91.6 Å². The Hall–Kier alpha value is -3.10. The quantitative estimate of drug-likeness (QED) is 0.309. The van der Waals surface area contributed by atoms with Crippen LogP contribution in [0.3, 0.4) is 0 Å². The van der Waals surface area contributed by atoms with Crippen molar-refractivity contribution in [3.63, 3.8) is 0 Å². The average Bonchev–Trinajstić information content (AvgIpc) is 3.20. The van der Waals surface area contributed by atoms with Gasteiger partial charge in [-0.3, -0.25) is 0 Å². The zero-order valence-corrected chi connectivity index (χ0v) is 19.9. The molecular formula is C24H21BrN2O4S. The van der Waals surface area contributed by atoms with Crippen LogP contribution in [0.4, 0.5) is 11.6 Å². The van der Waals surface area contributed by atoms with Crippen LogP contribution in [0.25, 0.3) is 11.5 Å². The molecule has 1 N–H and O–H groups in total. The molecule has 4 rings (SSSR count). The van der Waals surface area contributed by atoms with E-state index in [9.17, 15) is 8.42 Å². The molecule has 0 aliphatic heterocycles. The second-order valence-corrected chi connectivity index (χ2v) is 9.84. The maximum atomic E-state index is 13.4. The van der Waals surface area contributed by atoms with Crippen molar-refractivity contribution in [3.8, 4) is 17.2 Å². The van der Waals surface area contributed by atoms with Crippen LogP contribution in [0.5, 0.6) is 5.75 Å². The van der Waals surface area contributed by atoms with Crippen LogP contribution in [-0.4, -0.2) is 20.0 Å². The molecule has 8 heteroatoms. The summed E-state index contributed by atoms with van der Waals surface area (Å²) >= 11 is 3.33. The molecule has 0 radical (unpaired) electrons. The van der Waals surface area contributed by atoms with Gasteiger partial charge >= 0.3 is 0 Å². The van der Waals surface area contributed by atoms with Crippen LogP contribution < -0.4 is 10.1 Å². The largest absolute Gasteiger partial charge is 0.494 e. The van der Waals surface area contributed by atoms with Crippen molar-refractivity contribution < 1.29 is 17.6 Å². The summed E-state index contributed by atoms with van der Waals surface area (Å²) < 4.78 is 39.0. The van der Waals surface area contributed by atoms with E-state index in [4.69, 9.17) is 9.15 Å². The lowest BCUT2D eigenvalue weighted by atomic mass is 10.1. The molecule has 0 aliphatic rings. The summed E-state index contributed by atoms with van der Waals surface area (Å²) in [6.45, 7) is 4.42. The van der Waals surface area contributed by atoms with E-state index in [-0.39, 0.29) is 21.7 Å². The molecule has 164 valence electrons. The standard InChI is InChI=1S/C24H21BrN2O4S/c1-3-30-20-11-9-19(10-12-20)26-23-24(32(28,29)21-13-7-18(25)8-14-21)27-22(31-23)17-6-4-5-16(2)15-17/h4-15,26H,3H2,1-2H3. The maximum Gasteiger partial charge on any atom is 0.238 e. The van der Waals surface area contributed by atoms with E-state index in [2.05, 4.69) is 26.2 Å². The summed E-state index contributed by atoms with van der Waals surface area (Å²) in [7, 11) is -3.93. The van der Waals surface area contributed by atoms with Crippen molar-refractivity contribution in [1.29, 1.82) is 0 Å². The number of rotatable bonds is 7. The predicted molar refractivity (Wildman–Crippen MR) is 127 cm³/mol. The summed E-state index contributed by atoms with van der Waals surface area (Å²) in [5, 5.41) is 2.88. The van der Waals surface area contributed by atoms with Crippen molar-refractivity contribution in [3.05, 3.63) is 82.8 Å². The number of benzene rings is 3. The lowest BCUT2D eigenvalue weighted by Crippen LogP contribution is -2.05. The van der Waals surface area contributed by atoms with E-state index in [0.717, 1.165) is 15.8 Å². The number of aromatic nitrogens is 1. The third kappa shape index (κ3) is 4.71. The Kier molecular flexibility index (Phi) is 6.34. The highest BCUT2D eigenvalue weighted by molar-refractivity contribution is 9.10. The minimum absolute atomic E-state index is 0.0496. The molecule has 0 spiro atoms. The molecule has 1 heterocycles. The van der Waals surface area contributed by atoms with E-state index >= 15 is 0 Å². The van der Waals surface area contributed by atoms with Gasteiger partial charge in [-0.15, -0.1) is 0 Å². The molecular weight excluding hydrogens is 492 g/mol. The Morgan fingerprint density at radius 2 is 1.75 bits per heavy atom.